The first kappa shape index (κ1) is 31.3. The average Bonchev–Trinajstić information content (AvgIpc) is 2.95. The van der Waals surface area contributed by atoms with Crippen LogP contribution in [0.4, 0.5) is 8.78 Å². The molecule has 0 bridgehead atoms. The molecule has 1 saturated carbocycles. The van der Waals surface area contributed by atoms with Gasteiger partial charge in [-0.1, -0.05) is 32.4 Å². The molecule has 1 aliphatic heterocycles. The van der Waals surface area contributed by atoms with Crippen LogP contribution in [0.25, 0.3) is 16.7 Å². The molecule has 1 spiro atoms. The molecule has 1 amide bonds. The Kier molecular flexibility index (Phi) is 9.13. The number of carbonyl (C=O) groups is 1. The molecule has 228 valence electrons. The minimum absolute atomic E-state index is 0.0574. The van der Waals surface area contributed by atoms with Crippen LogP contribution in [-0.4, -0.2) is 55.7 Å². The van der Waals surface area contributed by atoms with E-state index in [4.69, 9.17) is 12.2 Å². The lowest BCUT2D eigenvalue weighted by molar-refractivity contribution is -0.146. The molecule has 3 aromatic rings. The molecule has 2 fully saturated rings. The second kappa shape index (κ2) is 12.8. The Hall–Kier alpha value is -4.14. The number of hydrogen-bond donors (Lipinski definition) is 1. The van der Waals surface area contributed by atoms with E-state index in [2.05, 4.69) is 27.5 Å². The van der Waals surface area contributed by atoms with Crippen molar-refractivity contribution in [2.75, 3.05) is 25.4 Å². The second-order valence-electron chi connectivity index (χ2n) is 11.6. The highest BCUT2D eigenvalue weighted by atomic mass is 32.2. The predicted molar refractivity (Wildman–Crippen MR) is 169 cm³/mol. The number of aromatic nitrogens is 4. The van der Waals surface area contributed by atoms with Crippen molar-refractivity contribution in [3.8, 4) is 18.0 Å². The molecule has 0 unspecified atom stereocenters. The van der Waals surface area contributed by atoms with E-state index in [9.17, 15) is 14.0 Å². The number of likely N-dealkylation sites (tertiary alicyclic amines) is 1. The van der Waals surface area contributed by atoms with Gasteiger partial charge in [-0.3, -0.25) is 9.78 Å². The quantitative estimate of drug-likeness (QED) is 0.148. The van der Waals surface area contributed by atoms with Crippen LogP contribution in [0.5, 0.6) is 0 Å². The summed E-state index contributed by atoms with van der Waals surface area (Å²) in [5.74, 6) is 1.22. The fraction of sp³-hybridized carbons (Fsp3) is 0.364. The lowest BCUT2D eigenvalue weighted by atomic mass is 9.56. The number of allylic oxidation sites excluding steroid dienone is 4. The largest absolute Gasteiger partial charge is 0.354 e. The van der Waals surface area contributed by atoms with Gasteiger partial charge in [0.2, 0.25) is 5.91 Å². The summed E-state index contributed by atoms with van der Waals surface area (Å²) in [6, 6.07) is 3.11. The number of thioether (sulfide) groups is 1. The normalized spacial score (nSPS) is 16.4. The van der Waals surface area contributed by atoms with Crippen LogP contribution in [0.3, 0.4) is 0 Å². The number of halogens is 2. The van der Waals surface area contributed by atoms with Gasteiger partial charge in [-0.2, -0.15) is 4.98 Å². The summed E-state index contributed by atoms with van der Waals surface area (Å²) in [7, 11) is 0. The number of pyridine rings is 2. The minimum atomic E-state index is -0.705. The molecule has 2 N–H and O–H groups in total. The fourth-order valence-electron chi connectivity index (χ4n) is 6.11. The fourth-order valence-corrected chi connectivity index (χ4v) is 6.94. The zero-order valence-corrected chi connectivity index (χ0v) is 25.5. The van der Waals surface area contributed by atoms with E-state index in [-0.39, 0.29) is 34.5 Å². The van der Waals surface area contributed by atoms with E-state index in [1.165, 1.54) is 40.6 Å². The summed E-state index contributed by atoms with van der Waals surface area (Å²) in [5.41, 5.74) is 6.81. The van der Waals surface area contributed by atoms with Crippen LogP contribution in [0.15, 0.2) is 64.7 Å². The second-order valence-corrected chi connectivity index (χ2v) is 12.7. The van der Waals surface area contributed by atoms with E-state index in [0.29, 0.717) is 60.7 Å². The number of rotatable bonds is 10. The van der Waals surface area contributed by atoms with Crippen molar-refractivity contribution in [1.29, 1.82) is 0 Å². The Balaban J connectivity index is 1.67. The van der Waals surface area contributed by atoms with Gasteiger partial charge >= 0.3 is 5.69 Å². The maximum atomic E-state index is 15.6. The third kappa shape index (κ3) is 5.97. The third-order valence-corrected chi connectivity index (χ3v) is 9.16. The van der Waals surface area contributed by atoms with Crippen LogP contribution in [0.1, 0.15) is 55.6 Å². The Bertz CT molecular complexity index is 1780. The van der Waals surface area contributed by atoms with Gasteiger partial charge in [0, 0.05) is 59.6 Å². The third-order valence-electron chi connectivity index (χ3n) is 8.08. The number of terminal acetylenes is 1. The van der Waals surface area contributed by atoms with Gasteiger partial charge in [0.05, 0.1) is 22.8 Å². The SMILES string of the molecule is C#C/C=C\C=C(\F)Cc1nc2c(cc1F)c(C1CC3(C1)CN(C(=O)C=C)C3)nc(=O)n2-c1c(SCCN)ccnc1C(C)C. The van der Waals surface area contributed by atoms with Crippen molar-refractivity contribution in [1.82, 2.24) is 24.4 Å². The van der Waals surface area contributed by atoms with Crippen LogP contribution < -0.4 is 11.4 Å². The first-order valence-corrected chi connectivity index (χ1v) is 15.4. The Morgan fingerprint density at radius 2 is 2.09 bits per heavy atom. The van der Waals surface area contributed by atoms with E-state index in [1.54, 1.807) is 17.2 Å². The lowest BCUT2D eigenvalue weighted by Gasteiger charge is -2.58. The maximum absolute atomic E-state index is 15.6. The van der Waals surface area contributed by atoms with Crippen molar-refractivity contribution in [3.05, 3.63) is 88.4 Å². The Morgan fingerprint density at radius 1 is 1.34 bits per heavy atom. The van der Waals surface area contributed by atoms with Crippen molar-refractivity contribution in [2.45, 2.75) is 49.8 Å². The summed E-state index contributed by atoms with van der Waals surface area (Å²) < 4.78 is 31.8. The summed E-state index contributed by atoms with van der Waals surface area (Å²) >= 11 is 1.47. The van der Waals surface area contributed by atoms with Crippen LogP contribution in [0, 0.1) is 23.6 Å². The van der Waals surface area contributed by atoms with Gasteiger partial charge in [-0.25, -0.2) is 23.1 Å². The topological polar surface area (TPSA) is 107 Å². The number of nitrogens with two attached hydrogens (primary N) is 1. The van der Waals surface area contributed by atoms with Gasteiger partial charge < -0.3 is 10.6 Å². The number of hydrogen-bond acceptors (Lipinski definition) is 7. The van der Waals surface area contributed by atoms with Crippen molar-refractivity contribution in [2.24, 2.45) is 11.1 Å². The molecule has 1 saturated heterocycles. The maximum Gasteiger partial charge on any atom is 0.354 e. The molecular formula is C33H34F2N6O2S. The summed E-state index contributed by atoms with van der Waals surface area (Å²) in [6.07, 6.45) is 13.0. The number of amides is 1. The molecule has 0 atom stereocenters. The van der Waals surface area contributed by atoms with Crippen molar-refractivity contribution >= 4 is 28.7 Å². The molecule has 0 radical (unpaired) electrons. The zero-order chi connectivity index (χ0) is 31.6. The van der Waals surface area contributed by atoms with E-state index in [0.717, 1.165) is 11.0 Å². The number of carbonyl (C=O) groups excluding carboxylic acids is 1. The Labute approximate surface area is 259 Å². The van der Waals surface area contributed by atoms with Crippen LogP contribution in [-0.2, 0) is 11.2 Å². The molecule has 3 aromatic heterocycles. The van der Waals surface area contributed by atoms with Crippen molar-refractivity contribution < 1.29 is 13.6 Å². The first-order chi connectivity index (χ1) is 21.1. The predicted octanol–water partition coefficient (Wildman–Crippen LogP) is 4.97. The minimum Gasteiger partial charge on any atom is -0.338 e. The standard InChI is InChI=1S/C33H34F2N6O2S/c1-5-7-8-9-22(34)14-25-24(35)15-23-29(21-16-33(17-21)18-40(19-33)27(42)6-2)39-32(43)41(31(23)38-25)30-26(44-13-11-36)10-12-37-28(30)20(3)4/h1,6-10,12,15,20-21H,2,11,13-14,16-19,36H2,3-4H3/b8-7-,22-9+. The van der Waals surface area contributed by atoms with Gasteiger partial charge in [0.25, 0.3) is 0 Å². The summed E-state index contributed by atoms with van der Waals surface area (Å²) in [4.78, 5) is 42.2. The first-order valence-electron chi connectivity index (χ1n) is 14.4. The molecule has 1 aliphatic carbocycles. The molecule has 2 aliphatic rings. The number of fused-ring (bicyclic) bond motifs is 1. The van der Waals surface area contributed by atoms with Gasteiger partial charge in [-0.05, 0) is 49.1 Å². The average molecular weight is 617 g/mol. The van der Waals surface area contributed by atoms with Crippen molar-refractivity contribution in [3.63, 3.8) is 0 Å². The van der Waals surface area contributed by atoms with Gasteiger partial charge in [-0.15, -0.1) is 18.2 Å². The molecule has 44 heavy (non-hydrogen) atoms. The van der Waals surface area contributed by atoms with E-state index in [1.807, 2.05) is 13.8 Å². The lowest BCUT2D eigenvalue weighted by Crippen LogP contribution is -2.63. The molecule has 8 nitrogen and oxygen atoms in total. The van der Waals surface area contributed by atoms with E-state index < -0.39 is 23.8 Å². The van der Waals surface area contributed by atoms with Gasteiger partial charge in [0.1, 0.15) is 11.6 Å². The van der Waals surface area contributed by atoms with E-state index >= 15 is 4.39 Å². The molecule has 0 aromatic carbocycles. The molecule has 5 rings (SSSR count). The highest BCUT2D eigenvalue weighted by Crippen LogP contribution is 2.56. The molecule has 11 heteroatoms. The van der Waals surface area contributed by atoms with Crippen LogP contribution in [0.2, 0.25) is 0 Å². The zero-order valence-electron chi connectivity index (χ0n) is 24.7. The monoisotopic (exact) mass is 616 g/mol. The summed E-state index contributed by atoms with van der Waals surface area (Å²) in [5, 5.41) is 0.383. The smallest absolute Gasteiger partial charge is 0.338 e. The highest BCUT2D eigenvalue weighted by Gasteiger charge is 2.54. The van der Waals surface area contributed by atoms with Gasteiger partial charge in [0.15, 0.2) is 5.65 Å². The number of nitrogens with zero attached hydrogens (tertiary/aromatic N) is 5. The molecule has 4 heterocycles. The van der Waals surface area contributed by atoms with Crippen LogP contribution >= 0.6 is 11.8 Å². The summed E-state index contributed by atoms with van der Waals surface area (Å²) in [6.45, 7) is 9.12. The molecular weight excluding hydrogens is 582 g/mol. The Morgan fingerprint density at radius 3 is 2.75 bits per heavy atom. The highest BCUT2D eigenvalue weighted by molar-refractivity contribution is 7.99.